The number of rotatable bonds is 7. The van der Waals surface area contributed by atoms with Crippen molar-refractivity contribution in [3.05, 3.63) is 82.5 Å². The van der Waals surface area contributed by atoms with Crippen molar-refractivity contribution in [2.75, 3.05) is 12.8 Å². The van der Waals surface area contributed by atoms with Gasteiger partial charge in [0.15, 0.2) is 17.2 Å². The molecule has 7 nitrogen and oxygen atoms in total. The lowest BCUT2D eigenvalue weighted by Crippen LogP contribution is -2.00. The molecule has 0 amide bonds. The molecule has 4 aromatic rings. The predicted molar refractivity (Wildman–Crippen MR) is 127 cm³/mol. The Hall–Kier alpha value is -3.68. The number of benzene rings is 3. The smallest absolute Gasteiger partial charge is 0.220 e. The van der Waals surface area contributed by atoms with Crippen molar-refractivity contribution >= 4 is 29.2 Å². The Morgan fingerprint density at radius 1 is 0.939 bits per heavy atom. The first-order valence-electron chi connectivity index (χ1n) is 9.78. The van der Waals surface area contributed by atoms with E-state index in [-0.39, 0.29) is 18.3 Å². The summed E-state index contributed by atoms with van der Waals surface area (Å²) in [4.78, 5) is 8.28. The normalized spacial score (nSPS) is 10.6. The maximum Gasteiger partial charge on any atom is 0.220 e. The standard InChI is InChI=1S/C24H19Cl2N3O4/c1-31-20-7-2-3-8-21(20)33-22-12-28-24(27)29-23(22)15-10-9-14(11-19(15)30)32-13-16-17(25)5-4-6-18(16)26/h2-12,30H,13H2,1H3,(H2,27,28,29). The lowest BCUT2D eigenvalue weighted by Gasteiger charge is -2.14. The van der Waals surface area contributed by atoms with Crippen molar-refractivity contribution in [3.8, 4) is 40.0 Å². The van der Waals surface area contributed by atoms with Crippen molar-refractivity contribution in [2.45, 2.75) is 6.61 Å². The van der Waals surface area contributed by atoms with Gasteiger partial charge in [0.25, 0.3) is 0 Å². The number of methoxy groups -OCH3 is 1. The second-order valence-corrected chi connectivity index (χ2v) is 7.68. The van der Waals surface area contributed by atoms with Gasteiger partial charge in [-0.05, 0) is 36.4 Å². The molecule has 33 heavy (non-hydrogen) atoms. The van der Waals surface area contributed by atoms with Gasteiger partial charge in [-0.15, -0.1) is 0 Å². The maximum absolute atomic E-state index is 10.7. The first-order valence-corrected chi connectivity index (χ1v) is 10.5. The fourth-order valence-corrected chi connectivity index (χ4v) is 3.61. The highest BCUT2D eigenvalue weighted by molar-refractivity contribution is 6.35. The number of nitrogen functional groups attached to an aromatic ring is 1. The summed E-state index contributed by atoms with van der Waals surface area (Å²) in [5, 5.41) is 11.7. The van der Waals surface area contributed by atoms with Crippen LogP contribution in [0.1, 0.15) is 5.56 Å². The third-order valence-corrected chi connectivity index (χ3v) is 5.44. The van der Waals surface area contributed by atoms with Gasteiger partial charge in [-0.3, -0.25) is 0 Å². The number of hydrogen-bond acceptors (Lipinski definition) is 7. The van der Waals surface area contributed by atoms with Crippen molar-refractivity contribution in [3.63, 3.8) is 0 Å². The van der Waals surface area contributed by atoms with Crippen LogP contribution in [0.25, 0.3) is 11.3 Å². The van der Waals surface area contributed by atoms with Crippen molar-refractivity contribution in [1.29, 1.82) is 0 Å². The first kappa shape index (κ1) is 22.5. The zero-order valence-electron chi connectivity index (χ0n) is 17.5. The Morgan fingerprint density at radius 2 is 1.67 bits per heavy atom. The fourth-order valence-electron chi connectivity index (χ4n) is 3.10. The molecule has 0 aliphatic rings. The summed E-state index contributed by atoms with van der Waals surface area (Å²) in [5.74, 6) is 1.66. The predicted octanol–water partition coefficient (Wildman–Crippen LogP) is 6.12. The Morgan fingerprint density at radius 3 is 2.36 bits per heavy atom. The number of hydrogen-bond donors (Lipinski definition) is 2. The van der Waals surface area contributed by atoms with E-state index in [0.717, 1.165) is 0 Å². The largest absolute Gasteiger partial charge is 0.507 e. The van der Waals surface area contributed by atoms with Crippen LogP contribution in [0, 0.1) is 0 Å². The SMILES string of the molecule is COc1ccccc1Oc1cnc(N)nc1-c1ccc(OCc2c(Cl)cccc2Cl)cc1O. The average Bonchev–Trinajstić information content (AvgIpc) is 2.80. The minimum Gasteiger partial charge on any atom is -0.507 e. The molecule has 1 aromatic heterocycles. The lowest BCUT2D eigenvalue weighted by atomic mass is 10.1. The van der Waals surface area contributed by atoms with Crippen LogP contribution in [0.2, 0.25) is 10.0 Å². The monoisotopic (exact) mass is 483 g/mol. The number of para-hydroxylation sites is 2. The highest BCUT2D eigenvalue weighted by atomic mass is 35.5. The van der Waals surface area contributed by atoms with Crippen LogP contribution >= 0.6 is 23.2 Å². The molecule has 3 aromatic carbocycles. The molecule has 0 saturated carbocycles. The maximum atomic E-state index is 10.7. The molecular weight excluding hydrogens is 465 g/mol. The Labute approximate surface area is 200 Å². The van der Waals surface area contributed by atoms with Crippen molar-refractivity contribution in [2.24, 2.45) is 0 Å². The second kappa shape index (κ2) is 9.85. The molecule has 0 spiro atoms. The Kier molecular flexibility index (Phi) is 6.72. The van der Waals surface area contributed by atoms with Crippen LogP contribution in [0.3, 0.4) is 0 Å². The minimum absolute atomic E-state index is 0.0328. The van der Waals surface area contributed by atoms with E-state index in [9.17, 15) is 5.11 Å². The molecule has 0 fully saturated rings. The third kappa shape index (κ3) is 5.05. The van der Waals surface area contributed by atoms with Crippen LogP contribution in [-0.4, -0.2) is 22.2 Å². The number of nitrogens with zero attached hydrogens (tertiary/aromatic N) is 2. The Bertz CT molecular complexity index is 1280. The highest BCUT2D eigenvalue weighted by Crippen LogP contribution is 2.40. The van der Waals surface area contributed by atoms with Gasteiger partial charge >= 0.3 is 0 Å². The molecule has 0 aliphatic heterocycles. The molecular formula is C24H19Cl2N3O4. The van der Waals surface area contributed by atoms with Gasteiger partial charge < -0.3 is 25.1 Å². The number of aromatic nitrogens is 2. The second-order valence-electron chi connectivity index (χ2n) is 6.86. The summed E-state index contributed by atoms with van der Waals surface area (Å²) < 4.78 is 17.1. The number of ether oxygens (including phenoxy) is 3. The van der Waals surface area contributed by atoms with Gasteiger partial charge in [0.05, 0.1) is 13.3 Å². The van der Waals surface area contributed by atoms with Gasteiger partial charge in [0, 0.05) is 27.2 Å². The van der Waals surface area contributed by atoms with Gasteiger partial charge in [-0.2, -0.15) is 0 Å². The first-order chi connectivity index (χ1) is 16.0. The van der Waals surface area contributed by atoms with Gasteiger partial charge in [0.2, 0.25) is 5.95 Å². The van der Waals surface area contributed by atoms with E-state index in [1.54, 1.807) is 49.6 Å². The van der Waals surface area contributed by atoms with E-state index in [2.05, 4.69) is 9.97 Å². The van der Waals surface area contributed by atoms with E-state index in [1.807, 2.05) is 12.1 Å². The average molecular weight is 484 g/mol. The Balaban J connectivity index is 1.62. The molecule has 0 radical (unpaired) electrons. The summed E-state index contributed by atoms with van der Waals surface area (Å²) in [7, 11) is 1.54. The lowest BCUT2D eigenvalue weighted by molar-refractivity contribution is 0.304. The molecule has 0 aliphatic carbocycles. The number of phenols is 1. The number of aromatic hydroxyl groups is 1. The molecule has 9 heteroatoms. The molecule has 0 atom stereocenters. The quantitative estimate of drug-likeness (QED) is 0.326. The number of anilines is 1. The molecule has 0 saturated heterocycles. The van der Waals surface area contributed by atoms with Crippen LogP contribution in [0.4, 0.5) is 5.95 Å². The third-order valence-electron chi connectivity index (χ3n) is 4.73. The molecule has 3 N–H and O–H groups in total. The van der Waals surface area contributed by atoms with E-state index in [0.29, 0.717) is 49.9 Å². The van der Waals surface area contributed by atoms with Gasteiger partial charge in [-0.25, -0.2) is 9.97 Å². The van der Waals surface area contributed by atoms with Gasteiger partial charge in [0.1, 0.15) is 23.8 Å². The molecule has 1 heterocycles. The van der Waals surface area contributed by atoms with Crippen LogP contribution in [-0.2, 0) is 6.61 Å². The number of nitrogens with two attached hydrogens (primary N) is 1. The highest BCUT2D eigenvalue weighted by Gasteiger charge is 2.17. The zero-order chi connectivity index (χ0) is 23.4. The van der Waals surface area contributed by atoms with E-state index in [4.69, 9.17) is 43.1 Å². The van der Waals surface area contributed by atoms with Crippen molar-refractivity contribution < 1.29 is 19.3 Å². The molecule has 4 rings (SSSR count). The summed E-state index contributed by atoms with van der Waals surface area (Å²) in [6.07, 6.45) is 1.44. The summed E-state index contributed by atoms with van der Waals surface area (Å²) in [6.45, 7) is 0.139. The molecule has 0 bridgehead atoms. The zero-order valence-corrected chi connectivity index (χ0v) is 19.0. The fraction of sp³-hybridized carbons (Fsp3) is 0.0833. The topological polar surface area (TPSA) is 99.7 Å². The van der Waals surface area contributed by atoms with Crippen LogP contribution in [0.5, 0.6) is 28.7 Å². The number of halogens is 2. The summed E-state index contributed by atoms with van der Waals surface area (Å²) >= 11 is 12.4. The minimum atomic E-state index is -0.0827. The van der Waals surface area contributed by atoms with E-state index >= 15 is 0 Å². The summed E-state index contributed by atoms with van der Waals surface area (Å²) in [6, 6.07) is 17.2. The van der Waals surface area contributed by atoms with E-state index < -0.39 is 0 Å². The number of phenolic OH excluding ortho intramolecular Hbond substituents is 1. The molecule has 0 unspecified atom stereocenters. The molecule has 168 valence electrons. The summed E-state index contributed by atoms with van der Waals surface area (Å²) in [5.41, 5.74) is 7.15. The van der Waals surface area contributed by atoms with Gasteiger partial charge in [-0.1, -0.05) is 41.4 Å². The van der Waals surface area contributed by atoms with Crippen LogP contribution < -0.4 is 19.9 Å². The van der Waals surface area contributed by atoms with Crippen molar-refractivity contribution in [1.82, 2.24) is 9.97 Å². The van der Waals surface area contributed by atoms with Crippen LogP contribution in [0.15, 0.2) is 66.9 Å². The van der Waals surface area contributed by atoms with E-state index in [1.165, 1.54) is 12.3 Å².